The molecule has 1 heterocycles. The summed E-state index contributed by atoms with van der Waals surface area (Å²) in [4.78, 5) is 28.2. The van der Waals surface area contributed by atoms with E-state index in [4.69, 9.17) is 11.6 Å². The van der Waals surface area contributed by atoms with Gasteiger partial charge in [0.1, 0.15) is 11.5 Å². The van der Waals surface area contributed by atoms with Crippen molar-refractivity contribution in [1.29, 1.82) is 0 Å². The average Bonchev–Trinajstić information content (AvgIpc) is 2.95. The minimum atomic E-state index is -0.491. The molecule has 4 rings (SSSR count). The van der Waals surface area contributed by atoms with Crippen molar-refractivity contribution in [2.45, 2.75) is 20.8 Å². The molecule has 0 aromatic heterocycles. The number of benzene rings is 3. The van der Waals surface area contributed by atoms with Gasteiger partial charge in [-0.2, -0.15) is 0 Å². The first kappa shape index (κ1) is 20.8. The summed E-state index contributed by atoms with van der Waals surface area (Å²) in [5.41, 5.74) is 4.68. The summed E-state index contributed by atoms with van der Waals surface area (Å²) in [7, 11) is 0. The highest BCUT2D eigenvalue weighted by Crippen LogP contribution is 2.37. The molecule has 31 heavy (non-hydrogen) atoms. The third-order valence-electron chi connectivity index (χ3n) is 5.26. The lowest BCUT2D eigenvalue weighted by Crippen LogP contribution is -2.33. The van der Waals surface area contributed by atoms with Gasteiger partial charge in [-0.1, -0.05) is 41.4 Å². The van der Waals surface area contributed by atoms with E-state index in [-0.39, 0.29) is 17.1 Å². The van der Waals surface area contributed by atoms with Gasteiger partial charge in [-0.05, 0) is 73.9 Å². The second kappa shape index (κ2) is 8.00. The number of rotatable bonds is 4. The zero-order chi connectivity index (χ0) is 22.3. The summed E-state index contributed by atoms with van der Waals surface area (Å²) < 4.78 is 13.4. The Morgan fingerprint density at radius 3 is 2.23 bits per heavy atom. The van der Waals surface area contributed by atoms with Gasteiger partial charge in [-0.25, -0.2) is 9.29 Å². The first-order valence-corrected chi connectivity index (χ1v) is 10.1. The number of halogens is 2. The fourth-order valence-electron chi connectivity index (χ4n) is 3.71. The maximum atomic E-state index is 13.6. The lowest BCUT2D eigenvalue weighted by Gasteiger charge is -2.18. The molecule has 0 unspecified atom stereocenters. The van der Waals surface area contributed by atoms with Gasteiger partial charge < -0.3 is 5.32 Å². The highest BCUT2D eigenvalue weighted by Gasteiger charge is 2.41. The number of carbonyl (C=O) groups is 2. The summed E-state index contributed by atoms with van der Waals surface area (Å²) in [6.45, 7) is 5.68. The van der Waals surface area contributed by atoms with E-state index in [1.54, 1.807) is 18.2 Å². The first-order valence-electron chi connectivity index (χ1n) is 9.75. The van der Waals surface area contributed by atoms with E-state index in [1.165, 1.54) is 24.3 Å². The van der Waals surface area contributed by atoms with Crippen LogP contribution in [0.4, 0.5) is 15.8 Å². The van der Waals surface area contributed by atoms with Crippen LogP contribution < -0.4 is 10.2 Å². The summed E-state index contributed by atoms with van der Waals surface area (Å²) in [5, 5.41) is 3.47. The fourth-order valence-corrected chi connectivity index (χ4v) is 3.88. The predicted octanol–water partition coefficient (Wildman–Crippen LogP) is 5.80. The SMILES string of the molecule is Cc1ccc(C2=C(Nc3ccc(F)cc3)C(=O)N(c3cc(Cl)ccc3C)C2=O)c(C)c1. The monoisotopic (exact) mass is 434 g/mol. The van der Waals surface area contributed by atoms with Crippen molar-refractivity contribution < 1.29 is 14.0 Å². The maximum absolute atomic E-state index is 13.6. The van der Waals surface area contributed by atoms with Crippen LogP contribution in [0, 0.1) is 26.6 Å². The van der Waals surface area contributed by atoms with Crippen LogP contribution >= 0.6 is 11.6 Å². The highest BCUT2D eigenvalue weighted by molar-refractivity contribution is 6.46. The molecule has 3 aromatic carbocycles. The number of nitrogens with one attached hydrogen (secondary N) is 1. The van der Waals surface area contributed by atoms with Crippen molar-refractivity contribution in [2.75, 3.05) is 10.2 Å². The van der Waals surface area contributed by atoms with Crippen molar-refractivity contribution in [3.8, 4) is 0 Å². The van der Waals surface area contributed by atoms with Crippen LogP contribution in [0.15, 0.2) is 66.4 Å². The van der Waals surface area contributed by atoms with Crippen LogP contribution in [0.2, 0.25) is 5.02 Å². The minimum Gasteiger partial charge on any atom is -0.350 e. The van der Waals surface area contributed by atoms with Crippen molar-refractivity contribution >= 4 is 40.4 Å². The fraction of sp³-hybridized carbons (Fsp3) is 0.120. The number of hydrogen-bond donors (Lipinski definition) is 1. The molecule has 6 heteroatoms. The Bertz CT molecular complexity index is 1250. The summed E-state index contributed by atoms with van der Waals surface area (Å²) >= 11 is 6.15. The van der Waals surface area contributed by atoms with E-state index < -0.39 is 11.8 Å². The van der Waals surface area contributed by atoms with E-state index in [0.29, 0.717) is 22.0 Å². The molecule has 0 atom stereocenters. The van der Waals surface area contributed by atoms with Gasteiger partial charge in [0, 0.05) is 10.7 Å². The van der Waals surface area contributed by atoms with Gasteiger partial charge in [-0.15, -0.1) is 0 Å². The van der Waals surface area contributed by atoms with Gasteiger partial charge in [0.05, 0.1) is 11.3 Å². The molecular formula is C25H20ClFN2O2. The molecule has 0 radical (unpaired) electrons. The van der Waals surface area contributed by atoms with Crippen molar-refractivity contribution in [1.82, 2.24) is 0 Å². The van der Waals surface area contributed by atoms with Crippen molar-refractivity contribution in [2.24, 2.45) is 0 Å². The van der Waals surface area contributed by atoms with Gasteiger partial charge >= 0.3 is 0 Å². The lowest BCUT2D eigenvalue weighted by molar-refractivity contribution is -0.120. The smallest absolute Gasteiger partial charge is 0.282 e. The topological polar surface area (TPSA) is 49.4 Å². The average molecular weight is 435 g/mol. The zero-order valence-corrected chi connectivity index (χ0v) is 18.0. The number of nitrogens with zero attached hydrogens (tertiary/aromatic N) is 1. The third-order valence-corrected chi connectivity index (χ3v) is 5.50. The molecule has 3 aromatic rings. The van der Waals surface area contributed by atoms with Gasteiger partial charge in [0.25, 0.3) is 11.8 Å². The molecule has 0 aliphatic carbocycles. The number of anilines is 2. The second-order valence-electron chi connectivity index (χ2n) is 7.58. The maximum Gasteiger partial charge on any atom is 0.282 e. The summed E-state index contributed by atoms with van der Waals surface area (Å²) in [6.07, 6.45) is 0. The van der Waals surface area contributed by atoms with E-state index in [9.17, 15) is 14.0 Å². The number of imide groups is 1. The van der Waals surface area contributed by atoms with E-state index in [0.717, 1.165) is 21.6 Å². The van der Waals surface area contributed by atoms with Crippen LogP contribution in [0.1, 0.15) is 22.3 Å². The molecule has 0 bridgehead atoms. The molecular weight excluding hydrogens is 415 g/mol. The zero-order valence-electron chi connectivity index (χ0n) is 17.3. The van der Waals surface area contributed by atoms with Gasteiger partial charge in [0.15, 0.2) is 0 Å². The lowest BCUT2D eigenvalue weighted by atomic mass is 9.97. The van der Waals surface area contributed by atoms with Crippen LogP contribution in [0.3, 0.4) is 0 Å². The van der Waals surface area contributed by atoms with Gasteiger partial charge in [0.2, 0.25) is 0 Å². The predicted molar refractivity (Wildman–Crippen MR) is 122 cm³/mol. The number of amides is 2. The minimum absolute atomic E-state index is 0.142. The molecule has 1 aliphatic heterocycles. The Kier molecular flexibility index (Phi) is 5.38. The number of aryl methyl sites for hydroxylation is 3. The van der Waals surface area contributed by atoms with Gasteiger partial charge in [-0.3, -0.25) is 9.59 Å². The van der Waals surface area contributed by atoms with Crippen molar-refractivity contribution in [3.05, 3.63) is 99.5 Å². The Morgan fingerprint density at radius 2 is 1.55 bits per heavy atom. The molecule has 1 aliphatic rings. The second-order valence-corrected chi connectivity index (χ2v) is 8.01. The molecule has 2 amide bonds. The van der Waals surface area contributed by atoms with Crippen LogP contribution in [-0.4, -0.2) is 11.8 Å². The van der Waals surface area contributed by atoms with Crippen LogP contribution in [-0.2, 0) is 9.59 Å². The Morgan fingerprint density at radius 1 is 0.839 bits per heavy atom. The number of hydrogen-bond acceptors (Lipinski definition) is 3. The largest absolute Gasteiger partial charge is 0.350 e. The van der Waals surface area contributed by atoms with E-state index in [2.05, 4.69) is 5.32 Å². The highest BCUT2D eigenvalue weighted by atomic mass is 35.5. The molecule has 4 nitrogen and oxygen atoms in total. The summed E-state index contributed by atoms with van der Waals surface area (Å²) in [6, 6.07) is 16.4. The molecule has 1 N–H and O–H groups in total. The quantitative estimate of drug-likeness (QED) is 0.528. The Labute approximate surface area is 185 Å². The third kappa shape index (κ3) is 3.84. The normalized spacial score (nSPS) is 13.9. The molecule has 0 spiro atoms. The first-order chi connectivity index (χ1) is 14.8. The Balaban J connectivity index is 1.88. The Hall–Kier alpha value is -3.44. The van der Waals surface area contributed by atoms with Crippen LogP contribution in [0.5, 0.6) is 0 Å². The number of carbonyl (C=O) groups excluding carboxylic acids is 2. The molecule has 0 saturated heterocycles. The van der Waals surface area contributed by atoms with E-state index in [1.807, 2.05) is 39.0 Å². The standard InChI is InChI=1S/C25H20ClFN2O2/c1-14-4-11-20(16(3)12-14)22-23(28-19-9-7-18(27)8-10-19)25(31)29(24(22)30)21-13-17(26)6-5-15(21)2/h4-13,28H,1-3H3. The molecule has 0 fully saturated rings. The van der Waals surface area contributed by atoms with Crippen LogP contribution in [0.25, 0.3) is 5.57 Å². The molecule has 0 saturated carbocycles. The molecule has 156 valence electrons. The summed E-state index contributed by atoms with van der Waals surface area (Å²) in [5.74, 6) is -1.32. The van der Waals surface area contributed by atoms with E-state index >= 15 is 0 Å². The van der Waals surface area contributed by atoms with Crippen molar-refractivity contribution in [3.63, 3.8) is 0 Å².